The van der Waals surface area contributed by atoms with Crippen LogP contribution < -0.4 is 5.73 Å². The van der Waals surface area contributed by atoms with Crippen molar-refractivity contribution in [2.75, 3.05) is 32.7 Å². The maximum Gasteiger partial charge on any atom is 0.0748 e. The Balaban J connectivity index is 4.26. The highest BCUT2D eigenvalue weighted by molar-refractivity contribution is 4.71. The summed E-state index contributed by atoms with van der Waals surface area (Å²) < 4.78 is 0. The van der Waals surface area contributed by atoms with E-state index < -0.39 is 0 Å². The molecule has 0 aliphatic rings. The average Bonchev–Trinajstić information content (AvgIpc) is 2.18. The van der Waals surface area contributed by atoms with Crippen molar-refractivity contribution in [3.8, 4) is 0 Å². The van der Waals surface area contributed by atoms with Crippen molar-refractivity contribution in [3.63, 3.8) is 0 Å². The first-order valence-electron chi connectivity index (χ1n) is 5.43. The normalized spacial score (nSPS) is 12.0. The molecule has 0 aromatic rings. The highest BCUT2D eigenvalue weighted by Crippen LogP contribution is 2.04. The third-order valence-electron chi connectivity index (χ3n) is 2.68. The molecule has 0 amide bonds. The maximum absolute atomic E-state index is 5.79. The number of rotatable bonds is 7. The molecule has 0 atom stereocenters. The van der Waals surface area contributed by atoms with Crippen molar-refractivity contribution in [2.24, 2.45) is 5.73 Å². The molecule has 0 bridgehead atoms. The molecule has 0 unspecified atom stereocenters. The molecule has 0 fully saturated rings. The third kappa shape index (κ3) is 3.63. The standard InChI is InChI=1S/C10H25N3/c1-5-12(6-2)10(9-11)13(7-3)8-4/h10H,5-9,11H2,1-4H3. The van der Waals surface area contributed by atoms with Gasteiger partial charge in [-0.25, -0.2) is 0 Å². The second-order valence-electron chi connectivity index (χ2n) is 3.16. The first kappa shape index (κ1) is 12.9. The van der Waals surface area contributed by atoms with Crippen LogP contribution in [-0.4, -0.2) is 48.7 Å². The molecular weight excluding hydrogens is 162 g/mol. The lowest BCUT2D eigenvalue weighted by atomic mass is 10.3. The molecule has 0 spiro atoms. The zero-order valence-corrected chi connectivity index (χ0v) is 9.58. The van der Waals surface area contributed by atoms with Gasteiger partial charge in [-0.3, -0.25) is 9.80 Å². The fourth-order valence-corrected chi connectivity index (χ4v) is 1.82. The van der Waals surface area contributed by atoms with Crippen LogP contribution >= 0.6 is 0 Å². The lowest BCUT2D eigenvalue weighted by Crippen LogP contribution is -2.52. The monoisotopic (exact) mass is 187 g/mol. The lowest BCUT2D eigenvalue weighted by Gasteiger charge is -2.37. The van der Waals surface area contributed by atoms with Gasteiger partial charge in [-0.2, -0.15) is 0 Å². The number of nitrogens with zero attached hydrogens (tertiary/aromatic N) is 2. The Morgan fingerprint density at radius 1 is 0.846 bits per heavy atom. The Bertz CT molecular complexity index is 96.7. The molecule has 0 aromatic heterocycles. The summed E-state index contributed by atoms with van der Waals surface area (Å²) >= 11 is 0. The summed E-state index contributed by atoms with van der Waals surface area (Å²) in [7, 11) is 0. The van der Waals surface area contributed by atoms with E-state index in [1.165, 1.54) is 0 Å². The summed E-state index contributed by atoms with van der Waals surface area (Å²) in [6.07, 6.45) is 0.421. The van der Waals surface area contributed by atoms with Crippen molar-refractivity contribution < 1.29 is 0 Å². The van der Waals surface area contributed by atoms with Crippen LogP contribution in [0.3, 0.4) is 0 Å². The molecule has 0 aliphatic heterocycles. The second-order valence-corrected chi connectivity index (χ2v) is 3.16. The summed E-state index contributed by atoms with van der Waals surface area (Å²) in [5.74, 6) is 0. The molecule has 2 N–H and O–H groups in total. The zero-order valence-electron chi connectivity index (χ0n) is 9.58. The van der Waals surface area contributed by atoms with Gasteiger partial charge in [-0.1, -0.05) is 27.7 Å². The molecule has 0 heterocycles. The van der Waals surface area contributed by atoms with Gasteiger partial charge < -0.3 is 5.73 Å². The topological polar surface area (TPSA) is 32.5 Å². The van der Waals surface area contributed by atoms with Crippen LogP contribution in [0.15, 0.2) is 0 Å². The Morgan fingerprint density at radius 3 is 1.31 bits per heavy atom. The smallest absolute Gasteiger partial charge is 0.0748 e. The predicted octanol–water partition coefficient (Wildman–Crippen LogP) is 0.955. The van der Waals surface area contributed by atoms with Gasteiger partial charge in [0.05, 0.1) is 6.17 Å². The van der Waals surface area contributed by atoms with Gasteiger partial charge in [0.1, 0.15) is 0 Å². The lowest BCUT2D eigenvalue weighted by molar-refractivity contribution is 0.0633. The number of hydrogen-bond donors (Lipinski definition) is 1. The van der Waals surface area contributed by atoms with Crippen LogP contribution in [0.4, 0.5) is 0 Å². The summed E-state index contributed by atoms with van der Waals surface area (Å²) in [5, 5.41) is 0. The molecular formula is C10H25N3. The Kier molecular flexibility index (Phi) is 7.23. The average molecular weight is 187 g/mol. The van der Waals surface area contributed by atoms with Gasteiger partial charge >= 0.3 is 0 Å². The van der Waals surface area contributed by atoms with Crippen LogP contribution in [0.1, 0.15) is 27.7 Å². The molecule has 0 aliphatic carbocycles. The van der Waals surface area contributed by atoms with E-state index in [9.17, 15) is 0 Å². The van der Waals surface area contributed by atoms with E-state index in [1.807, 2.05) is 0 Å². The van der Waals surface area contributed by atoms with Crippen LogP contribution in [0, 0.1) is 0 Å². The molecule has 0 radical (unpaired) electrons. The van der Waals surface area contributed by atoms with E-state index in [2.05, 4.69) is 37.5 Å². The maximum atomic E-state index is 5.79. The van der Waals surface area contributed by atoms with Gasteiger partial charge in [0.25, 0.3) is 0 Å². The Morgan fingerprint density at radius 2 is 1.15 bits per heavy atom. The van der Waals surface area contributed by atoms with Crippen molar-refractivity contribution in [1.29, 1.82) is 0 Å². The minimum Gasteiger partial charge on any atom is -0.328 e. The molecule has 0 rings (SSSR count). The minimum atomic E-state index is 0.421. The molecule has 80 valence electrons. The van der Waals surface area contributed by atoms with E-state index in [0.717, 1.165) is 32.7 Å². The first-order valence-corrected chi connectivity index (χ1v) is 5.43. The van der Waals surface area contributed by atoms with Crippen molar-refractivity contribution in [3.05, 3.63) is 0 Å². The fraction of sp³-hybridized carbons (Fsp3) is 1.00. The number of nitrogens with two attached hydrogens (primary N) is 1. The Hall–Kier alpha value is -0.120. The second kappa shape index (κ2) is 7.30. The van der Waals surface area contributed by atoms with E-state index >= 15 is 0 Å². The summed E-state index contributed by atoms with van der Waals surface area (Å²) in [6, 6.07) is 0. The molecule has 3 heteroatoms. The molecule has 0 aromatic carbocycles. The van der Waals surface area contributed by atoms with Crippen LogP contribution in [0.5, 0.6) is 0 Å². The molecule has 0 saturated heterocycles. The van der Waals surface area contributed by atoms with Gasteiger partial charge in [-0.15, -0.1) is 0 Å². The highest BCUT2D eigenvalue weighted by atomic mass is 15.3. The van der Waals surface area contributed by atoms with Gasteiger partial charge in [0.15, 0.2) is 0 Å². The largest absolute Gasteiger partial charge is 0.328 e. The summed E-state index contributed by atoms with van der Waals surface area (Å²) in [4.78, 5) is 4.82. The Labute approximate surface area is 82.9 Å². The molecule has 3 nitrogen and oxygen atoms in total. The number of likely N-dealkylation sites (N-methyl/N-ethyl adjacent to an activating group) is 2. The first-order chi connectivity index (χ1) is 6.24. The van der Waals surface area contributed by atoms with E-state index in [0.29, 0.717) is 6.17 Å². The van der Waals surface area contributed by atoms with Gasteiger partial charge in [0, 0.05) is 6.54 Å². The van der Waals surface area contributed by atoms with Crippen LogP contribution in [-0.2, 0) is 0 Å². The molecule has 0 saturated carbocycles. The third-order valence-corrected chi connectivity index (χ3v) is 2.68. The van der Waals surface area contributed by atoms with Crippen LogP contribution in [0.2, 0.25) is 0 Å². The predicted molar refractivity (Wildman–Crippen MR) is 58.7 cm³/mol. The zero-order chi connectivity index (χ0) is 10.3. The number of hydrogen-bond acceptors (Lipinski definition) is 3. The van der Waals surface area contributed by atoms with Crippen molar-refractivity contribution in [2.45, 2.75) is 33.9 Å². The van der Waals surface area contributed by atoms with Gasteiger partial charge in [-0.05, 0) is 26.2 Å². The highest BCUT2D eigenvalue weighted by Gasteiger charge is 2.18. The summed E-state index contributed by atoms with van der Waals surface area (Å²) in [5.41, 5.74) is 5.79. The van der Waals surface area contributed by atoms with E-state index in [-0.39, 0.29) is 0 Å². The molecule has 13 heavy (non-hydrogen) atoms. The van der Waals surface area contributed by atoms with Gasteiger partial charge in [0.2, 0.25) is 0 Å². The van der Waals surface area contributed by atoms with E-state index in [1.54, 1.807) is 0 Å². The quantitative estimate of drug-likeness (QED) is 0.602. The van der Waals surface area contributed by atoms with Crippen molar-refractivity contribution >= 4 is 0 Å². The van der Waals surface area contributed by atoms with Crippen molar-refractivity contribution in [1.82, 2.24) is 9.80 Å². The summed E-state index contributed by atoms with van der Waals surface area (Å²) in [6.45, 7) is 13.8. The SMILES string of the molecule is CCN(CC)C(CN)N(CC)CC. The minimum absolute atomic E-state index is 0.421. The van der Waals surface area contributed by atoms with Crippen LogP contribution in [0.25, 0.3) is 0 Å². The van der Waals surface area contributed by atoms with E-state index in [4.69, 9.17) is 5.73 Å². The fourth-order valence-electron chi connectivity index (χ4n) is 1.82.